The molecular formula is C67H113N3O7. The van der Waals surface area contributed by atoms with E-state index < -0.39 is 0 Å². The quantitative estimate of drug-likeness (QED) is 0.0828. The van der Waals surface area contributed by atoms with Crippen molar-refractivity contribution in [2.45, 2.75) is 217 Å². The Bertz CT molecular complexity index is 2110. The van der Waals surface area contributed by atoms with Crippen molar-refractivity contribution in [2.24, 2.45) is 115 Å². The summed E-state index contributed by atoms with van der Waals surface area (Å²) >= 11 is 0. The Hall–Kier alpha value is -2.53. The van der Waals surface area contributed by atoms with Crippen molar-refractivity contribution in [2.75, 3.05) is 39.5 Å². The molecule has 0 heterocycles. The van der Waals surface area contributed by atoms with Crippen LogP contribution in [0.3, 0.4) is 0 Å². The number of hydrogen-bond acceptors (Lipinski definition) is 8. The fourth-order valence-corrected chi connectivity index (χ4v) is 20.4. The van der Waals surface area contributed by atoms with Gasteiger partial charge in [-0.1, -0.05) is 104 Å². The molecule has 0 bridgehead atoms. The van der Waals surface area contributed by atoms with Crippen LogP contribution in [0.5, 0.6) is 0 Å². The molecule has 438 valence electrons. The van der Waals surface area contributed by atoms with Crippen LogP contribution in [0.4, 0.5) is 0 Å². The van der Waals surface area contributed by atoms with Gasteiger partial charge in [-0.2, -0.15) is 0 Å². The van der Waals surface area contributed by atoms with Gasteiger partial charge in [-0.05, 0) is 238 Å². The lowest BCUT2D eigenvalue weighted by atomic mass is 9.49. The molecule has 9 saturated carbocycles. The molecule has 10 heteroatoms. The standard InChI is InChI=1S/C25H41NO3.C22H37NO3.C20H35NO/c1-16-9-11-25(6,20(13-16)15-29-19(4)28)23-10-12-24(5)17(2)7-8-22(24)21(23)14-26-18(3)27;1-14-5-6-19-18(12-23-15(2)25)20(8-10-21(14,19)3)22(4)9-7-17(26)11-16(22)13-24;1-14-7-8-17-16(12-21)18(9-11-19(14,17)2)20(3)10-5-4-6-15(20)13-22/h16,20-23H,2,7-15H2,1,3-6H3,(H,26,27);16-20,24,26H,1,5-13H2,2-4H3,(H,23,25);15-18,22H,1,4-13,21H2,2-3H3/t16-,20+,21-,22?,23?,24+,25-;16-,17+,18+,19?,20?,21-,22+;15-,16+,17?,18?,19-,20+/m011/s1. The van der Waals surface area contributed by atoms with Crippen LogP contribution < -0.4 is 16.4 Å². The molecule has 20 atom stereocenters. The third-order valence-corrected chi connectivity index (χ3v) is 25.8. The molecule has 0 radical (unpaired) electrons. The Kier molecular flexibility index (Phi) is 20.1. The topological polar surface area (TPSA) is 171 Å². The maximum absolute atomic E-state index is 11.8. The number of esters is 1. The fraction of sp³-hybridized carbons (Fsp3) is 0.866. The monoisotopic (exact) mass is 1070 g/mol. The molecule has 0 aromatic heterocycles. The van der Waals surface area contributed by atoms with Gasteiger partial charge in [-0.15, -0.1) is 0 Å². The van der Waals surface area contributed by atoms with E-state index in [9.17, 15) is 29.7 Å². The van der Waals surface area contributed by atoms with Gasteiger partial charge in [0.15, 0.2) is 0 Å². The first-order chi connectivity index (χ1) is 36.3. The Morgan fingerprint density at radius 1 is 0.545 bits per heavy atom. The highest BCUT2D eigenvalue weighted by molar-refractivity contribution is 5.73. The second-order valence-corrected chi connectivity index (χ2v) is 29.4. The van der Waals surface area contributed by atoms with Crippen LogP contribution in [0, 0.1) is 109 Å². The largest absolute Gasteiger partial charge is 0.466 e. The van der Waals surface area contributed by atoms with Crippen LogP contribution in [-0.2, 0) is 19.1 Å². The second-order valence-electron chi connectivity index (χ2n) is 29.4. The number of nitrogens with one attached hydrogen (secondary N) is 2. The predicted octanol–water partition coefficient (Wildman–Crippen LogP) is 12.5. The van der Waals surface area contributed by atoms with Crippen molar-refractivity contribution >= 4 is 17.8 Å². The van der Waals surface area contributed by atoms with Gasteiger partial charge in [0.05, 0.1) is 12.7 Å². The van der Waals surface area contributed by atoms with E-state index in [2.05, 4.69) is 78.8 Å². The SMILES string of the molecule is C=C1CCC2[C@H](CN)C([C@@]3(C)CCCC[C@@H]3CO)CC[C@]12C.C=C1CCC2[C@H](CNC(C)=O)C([C@@]3(C)CC[C@H](C)C[C@@H]3COC(C)=O)CC[C@]12C.C=C1CCC2[C@H](CNC(C)=O)C([C@@]3(C)CC[C@H](O)C[C@@H]3CO)CC[C@]12C. The van der Waals surface area contributed by atoms with Gasteiger partial charge in [0.1, 0.15) is 0 Å². The summed E-state index contributed by atoms with van der Waals surface area (Å²) in [5.74, 6) is 6.72. The third-order valence-electron chi connectivity index (χ3n) is 25.8. The first kappa shape index (κ1) is 62.1. The minimum absolute atomic E-state index is 0.0301. The number of ether oxygens (including phenoxy) is 1. The highest BCUT2D eigenvalue weighted by Crippen LogP contribution is 2.66. The predicted molar refractivity (Wildman–Crippen MR) is 312 cm³/mol. The summed E-state index contributed by atoms with van der Waals surface area (Å²) in [5.41, 5.74) is 11.8. The van der Waals surface area contributed by atoms with Gasteiger partial charge in [0.25, 0.3) is 0 Å². The molecule has 0 spiro atoms. The van der Waals surface area contributed by atoms with E-state index in [1.54, 1.807) is 13.8 Å². The van der Waals surface area contributed by atoms with E-state index >= 15 is 0 Å². The first-order valence-electron chi connectivity index (χ1n) is 31.5. The molecule has 9 aliphatic carbocycles. The van der Waals surface area contributed by atoms with Crippen molar-refractivity contribution < 1.29 is 34.4 Å². The number of carbonyl (C=O) groups excluding carboxylic acids is 3. The second kappa shape index (κ2) is 24.9. The molecule has 7 N–H and O–H groups in total. The zero-order chi connectivity index (χ0) is 56.5. The molecule has 9 fully saturated rings. The van der Waals surface area contributed by atoms with Crippen LogP contribution >= 0.6 is 0 Å². The molecule has 0 aromatic rings. The van der Waals surface area contributed by atoms with Gasteiger partial charge in [-0.3, -0.25) is 14.4 Å². The molecular weight excluding hydrogens is 959 g/mol. The molecule has 0 aliphatic heterocycles. The molecule has 9 rings (SSSR count). The average Bonchev–Trinajstić information content (AvgIpc) is 4.03. The van der Waals surface area contributed by atoms with Gasteiger partial charge < -0.3 is 36.4 Å². The van der Waals surface area contributed by atoms with Crippen LogP contribution in [-0.4, -0.2) is 78.7 Å². The Labute approximate surface area is 468 Å². The van der Waals surface area contributed by atoms with Crippen molar-refractivity contribution in [3.8, 4) is 0 Å². The van der Waals surface area contributed by atoms with Crippen LogP contribution in [0.1, 0.15) is 210 Å². The highest BCUT2D eigenvalue weighted by Gasteiger charge is 2.60. The van der Waals surface area contributed by atoms with Crippen molar-refractivity contribution in [3.05, 3.63) is 36.5 Å². The van der Waals surface area contributed by atoms with Crippen LogP contribution in [0.15, 0.2) is 36.5 Å². The summed E-state index contributed by atoms with van der Waals surface area (Å²) in [6, 6.07) is 0. The number of aliphatic hydroxyl groups is 3. The van der Waals surface area contributed by atoms with E-state index in [-0.39, 0.29) is 58.1 Å². The minimum atomic E-state index is -0.283. The normalized spacial score (nSPS) is 45.5. The smallest absolute Gasteiger partial charge is 0.302 e. The molecule has 77 heavy (non-hydrogen) atoms. The number of hydrogen-bond donors (Lipinski definition) is 6. The summed E-state index contributed by atoms with van der Waals surface area (Å²) in [4.78, 5) is 35.0. The highest BCUT2D eigenvalue weighted by atomic mass is 16.5. The fourth-order valence-electron chi connectivity index (χ4n) is 20.4. The lowest BCUT2D eigenvalue weighted by Crippen LogP contribution is -2.53. The van der Waals surface area contributed by atoms with Gasteiger partial charge in [0.2, 0.25) is 11.8 Å². The number of nitrogens with two attached hydrogens (primary N) is 1. The molecule has 10 nitrogen and oxygen atoms in total. The number of carbonyl (C=O) groups is 3. The van der Waals surface area contributed by atoms with E-state index in [0.717, 1.165) is 70.5 Å². The lowest BCUT2D eigenvalue weighted by Gasteiger charge is -2.57. The molecule has 0 saturated heterocycles. The minimum Gasteiger partial charge on any atom is -0.466 e. The molecule has 2 amide bonds. The number of aliphatic hydroxyl groups excluding tert-OH is 3. The summed E-state index contributed by atoms with van der Waals surface area (Å²) < 4.78 is 5.55. The Morgan fingerprint density at radius 2 is 0.974 bits per heavy atom. The van der Waals surface area contributed by atoms with E-state index in [0.29, 0.717) is 95.6 Å². The zero-order valence-electron chi connectivity index (χ0n) is 50.6. The first-order valence-corrected chi connectivity index (χ1v) is 31.5. The zero-order valence-corrected chi connectivity index (χ0v) is 50.6. The van der Waals surface area contributed by atoms with Crippen molar-refractivity contribution in [1.82, 2.24) is 10.6 Å². The van der Waals surface area contributed by atoms with E-state index in [4.69, 9.17) is 10.5 Å². The molecule has 6 unspecified atom stereocenters. The summed E-state index contributed by atoms with van der Waals surface area (Å²) in [6.07, 6.45) is 25.1. The maximum atomic E-state index is 11.8. The number of allylic oxidation sites excluding steroid dienone is 3. The van der Waals surface area contributed by atoms with Gasteiger partial charge >= 0.3 is 5.97 Å². The summed E-state index contributed by atoms with van der Waals surface area (Å²) in [6.45, 7) is 38.1. The Balaban J connectivity index is 0.000000169. The average molecular weight is 1070 g/mol. The maximum Gasteiger partial charge on any atom is 0.302 e. The lowest BCUT2D eigenvalue weighted by molar-refractivity contribution is -0.148. The van der Waals surface area contributed by atoms with E-state index in [1.807, 2.05) is 0 Å². The van der Waals surface area contributed by atoms with Crippen molar-refractivity contribution in [3.63, 3.8) is 0 Å². The van der Waals surface area contributed by atoms with Gasteiger partial charge in [-0.25, -0.2) is 0 Å². The van der Waals surface area contributed by atoms with E-state index in [1.165, 1.54) is 114 Å². The Morgan fingerprint density at radius 3 is 1.42 bits per heavy atom. The molecule has 9 aliphatic rings. The number of amides is 2. The van der Waals surface area contributed by atoms with Crippen LogP contribution in [0.25, 0.3) is 0 Å². The number of rotatable bonds is 12. The van der Waals surface area contributed by atoms with Crippen molar-refractivity contribution in [1.29, 1.82) is 0 Å². The van der Waals surface area contributed by atoms with Gasteiger partial charge in [0, 0.05) is 47.1 Å². The van der Waals surface area contributed by atoms with Crippen LogP contribution in [0.2, 0.25) is 0 Å². The summed E-state index contributed by atoms with van der Waals surface area (Å²) in [7, 11) is 0. The third kappa shape index (κ3) is 12.2. The summed E-state index contributed by atoms with van der Waals surface area (Å²) in [5, 5.41) is 36.4. The number of fused-ring (bicyclic) bond motifs is 3. The molecule has 0 aromatic carbocycles.